The fourth-order valence-electron chi connectivity index (χ4n) is 3.62. The molecule has 1 aliphatic rings. The number of pyridine rings is 1. The van der Waals surface area contributed by atoms with Crippen molar-refractivity contribution in [1.29, 1.82) is 0 Å². The van der Waals surface area contributed by atoms with Crippen LogP contribution in [0.4, 0.5) is 10.5 Å². The number of nitrogens with zero attached hydrogens (tertiary/aromatic N) is 3. The lowest BCUT2D eigenvalue weighted by Crippen LogP contribution is -2.43. The van der Waals surface area contributed by atoms with Crippen molar-refractivity contribution in [3.63, 3.8) is 0 Å². The van der Waals surface area contributed by atoms with Crippen molar-refractivity contribution < 1.29 is 19.2 Å². The number of imide groups is 1. The summed E-state index contributed by atoms with van der Waals surface area (Å²) < 4.78 is 5.94. The van der Waals surface area contributed by atoms with Gasteiger partial charge in [-0.1, -0.05) is 36.0 Å². The predicted molar refractivity (Wildman–Crippen MR) is 125 cm³/mol. The summed E-state index contributed by atoms with van der Waals surface area (Å²) in [6.45, 7) is 0.180. The Kier molecular flexibility index (Phi) is 6.99. The molecule has 2 amide bonds. The van der Waals surface area contributed by atoms with E-state index in [2.05, 4.69) is 4.98 Å². The normalized spacial score (nSPS) is 14.4. The molecule has 1 aliphatic heterocycles. The fourth-order valence-corrected chi connectivity index (χ4v) is 4.40. The molecule has 168 valence electrons. The van der Waals surface area contributed by atoms with E-state index in [4.69, 9.17) is 4.74 Å². The lowest BCUT2D eigenvalue weighted by Gasteiger charge is -2.25. The summed E-state index contributed by atoms with van der Waals surface area (Å²) in [4.78, 5) is 40.5. The number of aromatic nitrogens is 1. The molecule has 0 saturated carbocycles. The molecule has 0 bridgehead atoms. The molecular formula is C24H21N3O5S. The van der Waals surface area contributed by atoms with Gasteiger partial charge in [0.15, 0.2) is 0 Å². The van der Waals surface area contributed by atoms with Crippen LogP contribution in [-0.2, 0) is 11.2 Å². The number of carbonyl (C=O) groups excluding carboxylic acids is 2. The first-order valence-electron chi connectivity index (χ1n) is 10.4. The first kappa shape index (κ1) is 22.5. The van der Waals surface area contributed by atoms with Gasteiger partial charge in [-0.15, -0.1) is 0 Å². The molecule has 0 aliphatic carbocycles. The lowest BCUT2D eigenvalue weighted by atomic mass is 10.0. The van der Waals surface area contributed by atoms with E-state index in [1.54, 1.807) is 36.7 Å². The van der Waals surface area contributed by atoms with Crippen molar-refractivity contribution in [3.8, 4) is 16.9 Å². The molecule has 0 unspecified atom stereocenters. The summed E-state index contributed by atoms with van der Waals surface area (Å²) in [5.41, 5.74) is 2.66. The first-order valence-corrected chi connectivity index (χ1v) is 11.4. The summed E-state index contributed by atoms with van der Waals surface area (Å²) in [5.74, 6) is 0.543. The monoisotopic (exact) mass is 463 g/mol. The number of hydrogen-bond acceptors (Lipinski definition) is 7. The highest BCUT2D eigenvalue weighted by Gasteiger charge is 2.36. The van der Waals surface area contributed by atoms with Crippen LogP contribution >= 0.6 is 11.8 Å². The van der Waals surface area contributed by atoms with Crippen molar-refractivity contribution in [2.24, 2.45) is 0 Å². The molecule has 1 saturated heterocycles. The number of nitro groups is 1. The summed E-state index contributed by atoms with van der Waals surface area (Å²) in [7, 11) is 0. The van der Waals surface area contributed by atoms with E-state index in [1.165, 1.54) is 17.0 Å². The number of thioether (sulfide) groups is 1. The molecule has 1 atom stereocenters. The van der Waals surface area contributed by atoms with E-state index in [-0.39, 0.29) is 35.2 Å². The Morgan fingerprint density at radius 1 is 1.06 bits per heavy atom. The van der Waals surface area contributed by atoms with E-state index >= 15 is 0 Å². The van der Waals surface area contributed by atoms with Gasteiger partial charge in [-0.25, -0.2) is 0 Å². The molecule has 2 heterocycles. The Balaban J connectivity index is 1.44. The third-order valence-corrected chi connectivity index (χ3v) is 6.19. The summed E-state index contributed by atoms with van der Waals surface area (Å²) in [6.07, 6.45) is 4.69. The Labute approximate surface area is 194 Å². The van der Waals surface area contributed by atoms with Gasteiger partial charge in [0.1, 0.15) is 12.4 Å². The van der Waals surface area contributed by atoms with Crippen LogP contribution in [0.15, 0.2) is 73.1 Å². The minimum atomic E-state index is -0.424. The molecule has 33 heavy (non-hydrogen) atoms. The number of hydrogen-bond donors (Lipinski definition) is 0. The molecule has 9 heteroatoms. The Morgan fingerprint density at radius 2 is 1.82 bits per heavy atom. The molecule has 1 aromatic heterocycles. The molecule has 0 spiro atoms. The smallest absolute Gasteiger partial charge is 0.289 e. The third-order valence-electron chi connectivity index (χ3n) is 5.35. The Morgan fingerprint density at radius 3 is 2.48 bits per heavy atom. The van der Waals surface area contributed by atoms with Crippen molar-refractivity contribution in [3.05, 3.63) is 88.7 Å². The maximum absolute atomic E-state index is 12.3. The minimum Gasteiger partial charge on any atom is -0.491 e. The van der Waals surface area contributed by atoms with Crippen LogP contribution in [0.3, 0.4) is 0 Å². The van der Waals surface area contributed by atoms with Crippen LogP contribution < -0.4 is 4.74 Å². The number of aryl methyl sites for hydroxylation is 1. The van der Waals surface area contributed by atoms with Gasteiger partial charge < -0.3 is 4.74 Å². The lowest BCUT2D eigenvalue weighted by molar-refractivity contribution is -0.384. The summed E-state index contributed by atoms with van der Waals surface area (Å²) in [6, 6.07) is 17.1. The number of non-ortho nitro benzene ring substituents is 1. The Hall–Kier alpha value is -3.72. The second-order valence-corrected chi connectivity index (χ2v) is 8.44. The van der Waals surface area contributed by atoms with Crippen LogP contribution in [0.5, 0.6) is 5.75 Å². The van der Waals surface area contributed by atoms with Gasteiger partial charge in [0.2, 0.25) is 5.91 Å². The molecule has 1 fully saturated rings. The van der Waals surface area contributed by atoms with Gasteiger partial charge in [-0.2, -0.15) is 0 Å². The Bertz CT molecular complexity index is 1140. The van der Waals surface area contributed by atoms with E-state index in [1.807, 2.05) is 24.3 Å². The van der Waals surface area contributed by atoms with Crippen LogP contribution in [0.25, 0.3) is 11.1 Å². The van der Waals surface area contributed by atoms with Gasteiger partial charge in [0.05, 0.1) is 16.7 Å². The topological polar surface area (TPSA) is 103 Å². The third kappa shape index (κ3) is 5.56. The maximum Gasteiger partial charge on any atom is 0.289 e. The zero-order valence-electron chi connectivity index (χ0n) is 17.6. The fraction of sp³-hybridized carbons (Fsp3) is 0.208. The standard InChI is InChI=1S/C24H21N3O5S/c28-23-16-33-24(29)26(23)21(7-4-17-10-12-25-13-11-17)15-32-22-8-5-18(6-9-22)19-2-1-3-20(14-19)27(30)31/h1-3,5-6,8-14,21H,4,7,15-16H2/t21-/m0/s1. The number of carbonyl (C=O) groups is 2. The number of ether oxygens (including phenoxy) is 1. The van der Waals surface area contributed by atoms with E-state index in [9.17, 15) is 19.7 Å². The van der Waals surface area contributed by atoms with Gasteiger partial charge in [-0.3, -0.25) is 29.6 Å². The first-order chi connectivity index (χ1) is 16.0. The predicted octanol–water partition coefficient (Wildman–Crippen LogP) is 4.73. The minimum absolute atomic E-state index is 0.0303. The highest BCUT2D eigenvalue weighted by atomic mass is 32.2. The van der Waals surface area contributed by atoms with Gasteiger partial charge in [-0.05, 0) is 53.8 Å². The molecule has 2 aromatic carbocycles. The number of rotatable bonds is 9. The van der Waals surface area contributed by atoms with Crippen LogP contribution in [-0.4, -0.2) is 44.4 Å². The number of amides is 2. The van der Waals surface area contributed by atoms with Crippen LogP contribution in [0.2, 0.25) is 0 Å². The maximum atomic E-state index is 12.3. The highest BCUT2D eigenvalue weighted by molar-refractivity contribution is 8.14. The van der Waals surface area contributed by atoms with Crippen LogP contribution in [0.1, 0.15) is 12.0 Å². The van der Waals surface area contributed by atoms with Crippen LogP contribution in [0, 0.1) is 10.1 Å². The highest BCUT2D eigenvalue weighted by Crippen LogP contribution is 2.27. The summed E-state index contributed by atoms with van der Waals surface area (Å²) >= 11 is 1.01. The second kappa shape index (κ2) is 10.3. The second-order valence-electron chi connectivity index (χ2n) is 7.51. The quantitative estimate of drug-likeness (QED) is 0.334. The number of nitro benzene ring substituents is 1. The molecule has 0 radical (unpaired) electrons. The van der Waals surface area contributed by atoms with Crippen molar-refractivity contribution >= 4 is 28.6 Å². The van der Waals surface area contributed by atoms with E-state index in [0.717, 1.165) is 28.5 Å². The van der Waals surface area contributed by atoms with Gasteiger partial charge in [0.25, 0.3) is 10.9 Å². The van der Waals surface area contributed by atoms with E-state index in [0.29, 0.717) is 18.6 Å². The molecule has 0 N–H and O–H groups in total. The van der Waals surface area contributed by atoms with Crippen molar-refractivity contribution in [2.45, 2.75) is 18.9 Å². The zero-order chi connectivity index (χ0) is 23.2. The number of benzene rings is 2. The van der Waals surface area contributed by atoms with E-state index < -0.39 is 4.92 Å². The van der Waals surface area contributed by atoms with Gasteiger partial charge >= 0.3 is 0 Å². The average Bonchev–Trinajstić information content (AvgIpc) is 3.18. The SMILES string of the molecule is O=C1CSC(=O)N1[C@@H](CCc1ccncc1)COc1ccc(-c2cccc([N+](=O)[O-])c2)cc1. The zero-order valence-corrected chi connectivity index (χ0v) is 18.4. The summed E-state index contributed by atoms with van der Waals surface area (Å²) in [5, 5.41) is 10.8. The largest absolute Gasteiger partial charge is 0.491 e. The van der Waals surface area contributed by atoms with Crippen molar-refractivity contribution in [2.75, 3.05) is 12.4 Å². The van der Waals surface area contributed by atoms with Crippen molar-refractivity contribution in [1.82, 2.24) is 9.88 Å². The molecular weight excluding hydrogens is 442 g/mol. The molecule has 3 aromatic rings. The molecule has 4 rings (SSSR count). The molecule has 8 nitrogen and oxygen atoms in total. The van der Waals surface area contributed by atoms with Gasteiger partial charge in [0, 0.05) is 24.5 Å². The average molecular weight is 464 g/mol.